The van der Waals surface area contributed by atoms with Crippen molar-refractivity contribution in [2.45, 2.75) is 71.6 Å². The summed E-state index contributed by atoms with van der Waals surface area (Å²) in [5.41, 5.74) is 10.5. The molecule has 0 radical (unpaired) electrons. The average Bonchev–Trinajstić information content (AvgIpc) is 3.66. The fraction of sp³-hybridized carbons (Fsp3) is 0.464. The minimum atomic E-state index is -0.355. The Balaban J connectivity index is 1.54. The molecule has 1 aromatic carbocycles. The van der Waals surface area contributed by atoms with Gasteiger partial charge in [-0.05, 0) is 64.2 Å². The van der Waals surface area contributed by atoms with Crippen molar-refractivity contribution < 1.29 is 0 Å². The fourth-order valence-electron chi connectivity index (χ4n) is 5.34. The van der Waals surface area contributed by atoms with Crippen LogP contribution in [0.25, 0.3) is 22.2 Å². The van der Waals surface area contributed by atoms with E-state index in [-0.39, 0.29) is 29.9 Å². The highest BCUT2D eigenvalue weighted by molar-refractivity contribution is 5.76. The molecule has 2 N–H and O–H groups in total. The summed E-state index contributed by atoms with van der Waals surface area (Å²) < 4.78 is 4.92. The predicted molar refractivity (Wildman–Crippen MR) is 148 cm³/mol. The topological polar surface area (TPSA) is 117 Å². The third-order valence-corrected chi connectivity index (χ3v) is 7.59. The first-order chi connectivity index (χ1) is 18.4. The molecular weight excluding hydrogens is 480 g/mol. The second kappa shape index (κ2) is 9.40. The van der Waals surface area contributed by atoms with Crippen LogP contribution in [0.3, 0.4) is 0 Å². The molecule has 1 unspecified atom stereocenters. The molecule has 1 saturated heterocycles. The largest absolute Gasteiger partial charge is 0.341 e. The lowest BCUT2D eigenvalue weighted by atomic mass is 10.1. The van der Waals surface area contributed by atoms with E-state index in [1.165, 1.54) is 4.57 Å². The van der Waals surface area contributed by atoms with E-state index in [9.17, 15) is 9.59 Å². The summed E-state index contributed by atoms with van der Waals surface area (Å²) in [6, 6.07) is 5.80. The summed E-state index contributed by atoms with van der Waals surface area (Å²) in [5, 5.41) is 0. The highest BCUT2D eigenvalue weighted by Gasteiger charge is 2.32. The molecule has 4 aromatic rings. The van der Waals surface area contributed by atoms with Gasteiger partial charge in [0.2, 0.25) is 5.95 Å². The number of nitrogens with zero attached hydrogens (tertiary/aromatic N) is 7. The average molecular weight is 513 g/mol. The summed E-state index contributed by atoms with van der Waals surface area (Å²) in [5.74, 6) is 6.70. The summed E-state index contributed by atoms with van der Waals surface area (Å²) in [6.45, 7) is 7.55. The van der Waals surface area contributed by atoms with Gasteiger partial charge in [-0.3, -0.25) is 18.5 Å². The van der Waals surface area contributed by atoms with E-state index in [1.807, 2.05) is 36.6 Å². The SMILES string of the molecule is CC#CCn1c(N2CCCC(N)C2)nc2c1c(=O)n(Cc1ccc3nc(C)c(C)nc3c1)c(=O)n2C1CC1. The Labute approximate surface area is 220 Å². The molecule has 0 bridgehead atoms. The first kappa shape index (κ1) is 24.4. The Morgan fingerprint density at radius 1 is 1.03 bits per heavy atom. The number of hydrogen-bond acceptors (Lipinski definition) is 7. The van der Waals surface area contributed by atoms with Crippen LogP contribution in [0.4, 0.5) is 5.95 Å². The molecular formula is C28H32N8O2. The minimum Gasteiger partial charge on any atom is -0.341 e. The van der Waals surface area contributed by atoms with E-state index in [4.69, 9.17) is 10.7 Å². The third-order valence-electron chi connectivity index (χ3n) is 7.59. The monoisotopic (exact) mass is 512 g/mol. The number of aryl methyl sites for hydroxylation is 2. The Morgan fingerprint density at radius 2 is 1.79 bits per heavy atom. The number of anilines is 1. The number of aromatic nitrogens is 6. The highest BCUT2D eigenvalue weighted by Crippen LogP contribution is 2.36. The van der Waals surface area contributed by atoms with Crippen LogP contribution in [0, 0.1) is 25.7 Å². The maximum atomic E-state index is 14.0. The van der Waals surface area contributed by atoms with Gasteiger partial charge in [0.15, 0.2) is 11.2 Å². The molecule has 0 amide bonds. The van der Waals surface area contributed by atoms with Gasteiger partial charge in [0, 0.05) is 25.2 Å². The summed E-state index contributed by atoms with van der Waals surface area (Å²) >= 11 is 0. The van der Waals surface area contributed by atoms with Gasteiger partial charge in [0.1, 0.15) is 0 Å². The minimum absolute atomic E-state index is 0.0416. The van der Waals surface area contributed by atoms with Crippen LogP contribution in [0.5, 0.6) is 0 Å². The van der Waals surface area contributed by atoms with Crippen molar-refractivity contribution in [2.24, 2.45) is 5.73 Å². The van der Waals surface area contributed by atoms with Crippen LogP contribution >= 0.6 is 0 Å². The maximum Gasteiger partial charge on any atom is 0.333 e. The number of hydrogen-bond donors (Lipinski definition) is 1. The molecule has 3 aromatic heterocycles. The van der Waals surface area contributed by atoms with Gasteiger partial charge in [-0.1, -0.05) is 12.0 Å². The highest BCUT2D eigenvalue weighted by atomic mass is 16.2. The van der Waals surface area contributed by atoms with Crippen molar-refractivity contribution in [3.8, 4) is 11.8 Å². The van der Waals surface area contributed by atoms with E-state index in [2.05, 4.69) is 26.7 Å². The fourth-order valence-corrected chi connectivity index (χ4v) is 5.34. The third kappa shape index (κ3) is 4.17. The van der Waals surface area contributed by atoms with Crippen molar-refractivity contribution in [2.75, 3.05) is 18.0 Å². The first-order valence-corrected chi connectivity index (χ1v) is 13.2. The van der Waals surface area contributed by atoms with Crippen LogP contribution < -0.4 is 21.9 Å². The van der Waals surface area contributed by atoms with Crippen LogP contribution in [-0.4, -0.2) is 47.8 Å². The van der Waals surface area contributed by atoms with Crippen molar-refractivity contribution in [1.82, 2.24) is 28.7 Å². The lowest BCUT2D eigenvalue weighted by Gasteiger charge is -2.31. The lowest BCUT2D eigenvalue weighted by Crippen LogP contribution is -2.44. The Hall–Kier alpha value is -3.97. The van der Waals surface area contributed by atoms with Gasteiger partial charge in [-0.2, -0.15) is 4.98 Å². The molecule has 38 heavy (non-hydrogen) atoms. The Bertz CT molecular complexity index is 1750. The molecule has 10 nitrogen and oxygen atoms in total. The summed E-state index contributed by atoms with van der Waals surface area (Å²) in [7, 11) is 0. The molecule has 0 spiro atoms. The number of imidazole rings is 1. The van der Waals surface area contributed by atoms with Crippen LogP contribution in [0.2, 0.25) is 0 Å². The molecule has 4 heterocycles. The van der Waals surface area contributed by atoms with Gasteiger partial charge < -0.3 is 10.6 Å². The van der Waals surface area contributed by atoms with E-state index >= 15 is 0 Å². The molecule has 2 aliphatic rings. The van der Waals surface area contributed by atoms with Gasteiger partial charge >= 0.3 is 5.69 Å². The van der Waals surface area contributed by atoms with Crippen LogP contribution in [0.15, 0.2) is 27.8 Å². The molecule has 1 atom stereocenters. The second-order valence-electron chi connectivity index (χ2n) is 10.4. The first-order valence-electron chi connectivity index (χ1n) is 13.2. The van der Waals surface area contributed by atoms with Gasteiger partial charge in [-0.15, -0.1) is 5.92 Å². The van der Waals surface area contributed by atoms with Crippen molar-refractivity contribution >= 4 is 28.1 Å². The zero-order chi connectivity index (χ0) is 26.6. The standard InChI is InChI=1S/C28H32N8O2/c1-4-5-13-34-24-25(32-27(34)33-12-6-7-20(29)16-33)36(21-9-10-21)28(38)35(26(24)37)15-19-8-11-22-23(14-19)31-18(3)17(2)30-22/h8,11,14,20-21H,6-7,9-10,12-13,15-16,29H2,1-3H3. The molecule has 196 valence electrons. The number of benzene rings is 1. The zero-order valence-corrected chi connectivity index (χ0v) is 22.1. The molecule has 1 aliphatic carbocycles. The number of fused-ring (bicyclic) bond motifs is 2. The maximum absolute atomic E-state index is 14.0. The molecule has 10 heteroatoms. The number of nitrogens with two attached hydrogens (primary N) is 1. The predicted octanol–water partition coefficient (Wildman–Crippen LogP) is 2.25. The Morgan fingerprint density at radius 3 is 2.50 bits per heavy atom. The van der Waals surface area contributed by atoms with E-state index < -0.39 is 0 Å². The van der Waals surface area contributed by atoms with Gasteiger partial charge in [-0.25, -0.2) is 14.8 Å². The summed E-state index contributed by atoms with van der Waals surface area (Å²) in [4.78, 5) is 44.1. The molecule has 1 aliphatic heterocycles. The van der Waals surface area contributed by atoms with Crippen molar-refractivity contribution in [3.05, 3.63) is 56.0 Å². The summed E-state index contributed by atoms with van der Waals surface area (Å²) in [6.07, 6.45) is 3.69. The van der Waals surface area contributed by atoms with Crippen LogP contribution in [0.1, 0.15) is 55.6 Å². The second-order valence-corrected chi connectivity index (χ2v) is 10.4. The molecule has 2 fully saturated rings. The smallest absolute Gasteiger partial charge is 0.333 e. The normalized spacial score (nSPS) is 17.7. The number of piperidine rings is 1. The zero-order valence-electron chi connectivity index (χ0n) is 22.1. The van der Waals surface area contributed by atoms with E-state index in [0.717, 1.165) is 60.2 Å². The quantitative estimate of drug-likeness (QED) is 0.408. The Kier molecular flexibility index (Phi) is 6.03. The number of rotatable bonds is 5. The van der Waals surface area contributed by atoms with E-state index in [0.29, 0.717) is 30.2 Å². The molecule has 6 rings (SSSR count). The molecule has 1 saturated carbocycles. The van der Waals surface area contributed by atoms with Gasteiger partial charge in [0.05, 0.1) is 35.5 Å². The van der Waals surface area contributed by atoms with Crippen molar-refractivity contribution in [1.29, 1.82) is 0 Å². The lowest BCUT2D eigenvalue weighted by molar-refractivity contribution is 0.496. The van der Waals surface area contributed by atoms with Gasteiger partial charge in [0.25, 0.3) is 5.56 Å². The van der Waals surface area contributed by atoms with Crippen LogP contribution in [-0.2, 0) is 13.1 Å². The van der Waals surface area contributed by atoms with E-state index in [1.54, 1.807) is 11.5 Å². The van der Waals surface area contributed by atoms with Crippen molar-refractivity contribution in [3.63, 3.8) is 0 Å².